The SMILES string of the molecule is O=C(COc1ccc(Cl)cc1[N+](=O)[O-])N1CCN(CCOc2ccccc2)CC1. The number of nitro groups is 1. The van der Waals surface area contributed by atoms with Gasteiger partial charge in [-0.2, -0.15) is 0 Å². The van der Waals surface area contributed by atoms with E-state index < -0.39 is 4.92 Å². The maximum atomic E-state index is 12.4. The van der Waals surface area contributed by atoms with Crippen molar-refractivity contribution < 1.29 is 19.2 Å². The summed E-state index contributed by atoms with van der Waals surface area (Å²) in [5.41, 5.74) is -0.256. The molecule has 8 nitrogen and oxygen atoms in total. The number of amides is 1. The molecule has 0 N–H and O–H groups in total. The first-order valence-corrected chi connectivity index (χ1v) is 9.65. The summed E-state index contributed by atoms with van der Waals surface area (Å²) in [6.45, 7) is 3.76. The van der Waals surface area contributed by atoms with Crippen molar-refractivity contribution >= 4 is 23.2 Å². The Morgan fingerprint density at radius 1 is 1.07 bits per heavy atom. The van der Waals surface area contributed by atoms with Crippen LogP contribution in [0.5, 0.6) is 11.5 Å². The van der Waals surface area contributed by atoms with Gasteiger partial charge in [0.15, 0.2) is 12.4 Å². The second-order valence-corrected chi connectivity index (χ2v) is 6.98. The predicted molar refractivity (Wildman–Crippen MR) is 109 cm³/mol. The third kappa shape index (κ3) is 6.07. The lowest BCUT2D eigenvalue weighted by Crippen LogP contribution is -2.50. The van der Waals surface area contributed by atoms with Gasteiger partial charge in [-0.3, -0.25) is 19.8 Å². The number of ether oxygens (including phenoxy) is 2. The number of benzene rings is 2. The highest BCUT2D eigenvalue weighted by molar-refractivity contribution is 6.30. The van der Waals surface area contributed by atoms with Gasteiger partial charge in [0.25, 0.3) is 5.91 Å². The number of halogens is 1. The predicted octanol–water partition coefficient (Wildman–Crippen LogP) is 2.85. The number of hydrogen-bond acceptors (Lipinski definition) is 6. The Kier molecular flexibility index (Phi) is 7.26. The molecule has 2 aromatic rings. The van der Waals surface area contributed by atoms with E-state index >= 15 is 0 Å². The molecule has 0 aromatic heterocycles. The molecule has 0 radical (unpaired) electrons. The van der Waals surface area contributed by atoms with E-state index in [1.54, 1.807) is 4.90 Å². The van der Waals surface area contributed by atoms with Gasteiger partial charge in [0.1, 0.15) is 12.4 Å². The standard InChI is InChI=1S/C20H22ClN3O5/c21-16-6-7-19(18(14-16)24(26)27)29-15-20(25)23-10-8-22(9-11-23)12-13-28-17-4-2-1-3-5-17/h1-7,14H,8-13,15H2. The van der Waals surface area contributed by atoms with Crippen LogP contribution in [0, 0.1) is 10.1 Å². The van der Waals surface area contributed by atoms with Crippen LogP contribution >= 0.6 is 11.6 Å². The molecule has 1 heterocycles. The van der Waals surface area contributed by atoms with Gasteiger partial charge >= 0.3 is 5.69 Å². The Bertz CT molecular complexity index is 841. The maximum absolute atomic E-state index is 12.4. The second-order valence-electron chi connectivity index (χ2n) is 6.54. The lowest BCUT2D eigenvalue weighted by atomic mass is 10.3. The first-order valence-electron chi connectivity index (χ1n) is 9.27. The van der Waals surface area contributed by atoms with Gasteiger partial charge < -0.3 is 14.4 Å². The van der Waals surface area contributed by atoms with Gasteiger partial charge in [-0.15, -0.1) is 0 Å². The molecule has 0 saturated carbocycles. The van der Waals surface area contributed by atoms with E-state index in [1.807, 2.05) is 30.3 Å². The van der Waals surface area contributed by atoms with Gasteiger partial charge in [0, 0.05) is 43.8 Å². The number of nitrogens with zero attached hydrogens (tertiary/aromatic N) is 3. The zero-order valence-electron chi connectivity index (χ0n) is 15.8. The van der Waals surface area contributed by atoms with Crippen molar-refractivity contribution in [2.45, 2.75) is 0 Å². The molecule has 0 aliphatic carbocycles. The van der Waals surface area contributed by atoms with Crippen molar-refractivity contribution in [1.82, 2.24) is 9.80 Å². The van der Waals surface area contributed by atoms with E-state index in [1.165, 1.54) is 18.2 Å². The van der Waals surface area contributed by atoms with Crippen molar-refractivity contribution in [3.63, 3.8) is 0 Å². The Morgan fingerprint density at radius 3 is 2.48 bits per heavy atom. The summed E-state index contributed by atoms with van der Waals surface area (Å²) >= 11 is 5.78. The van der Waals surface area contributed by atoms with Crippen LogP contribution in [0.25, 0.3) is 0 Å². The number of piperazine rings is 1. The monoisotopic (exact) mass is 419 g/mol. The number of nitro benzene ring substituents is 1. The summed E-state index contributed by atoms with van der Waals surface area (Å²) in [7, 11) is 0. The van der Waals surface area contributed by atoms with Crippen molar-refractivity contribution in [3.05, 3.63) is 63.7 Å². The number of hydrogen-bond donors (Lipinski definition) is 0. The molecular formula is C20H22ClN3O5. The molecule has 3 rings (SSSR count). The van der Waals surface area contributed by atoms with Gasteiger partial charge in [0.05, 0.1) is 4.92 Å². The van der Waals surface area contributed by atoms with Crippen LogP contribution in [0.2, 0.25) is 5.02 Å². The molecule has 0 unspecified atom stereocenters. The molecule has 1 saturated heterocycles. The Labute approximate surface area is 173 Å². The minimum Gasteiger partial charge on any atom is -0.492 e. The largest absolute Gasteiger partial charge is 0.492 e. The van der Waals surface area contributed by atoms with Gasteiger partial charge in [-0.25, -0.2) is 0 Å². The first kappa shape index (κ1) is 20.9. The summed E-state index contributed by atoms with van der Waals surface area (Å²) in [5, 5.41) is 11.3. The molecule has 1 fully saturated rings. The van der Waals surface area contributed by atoms with Crippen LogP contribution in [0.15, 0.2) is 48.5 Å². The van der Waals surface area contributed by atoms with Crippen LogP contribution in [-0.2, 0) is 4.79 Å². The normalized spacial score (nSPS) is 14.4. The summed E-state index contributed by atoms with van der Waals surface area (Å²) in [5.74, 6) is 0.675. The van der Waals surface area contributed by atoms with E-state index in [-0.39, 0.29) is 29.0 Å². The van der Waals surface area contributed by atoms with Gasteiger partial charge in [-0.1, -0.05) is 29.8 Å². The van der Waals surface area contributed by atoms with Crippen LogP contribution in [0.1, 0.15) is 0 Å². The van der Waals surface area contributed by atoms with E-state index in [0.717, 1.165) is 25.4 Å². The molecule has 0 bridgehead atoms. The van der Waals surface area contributed by atoms with Crippen LogP contribution < -0.4 is 9.47 Å². The Hall–Kier alpha value is -2.84. The van der Waals surface area contributed by atoms with Crippen LogP contribution in [0.3, 0.4) is 0 Å². The molecule has 154 valence electrons. The fraction of sp³-hybridized carbons (Fsp3) is 0.350. The summed E-state index contributed by atoms with van der Waals surface area (Å²) < 4.78 is 11.1. The first-order chi connectivity index (χ1) is 14.0. The number of carbonyl (C=O) groups excluding carboxylic acids is 1. The molecule has 1 aliphatic rings. The van der Waals surface area contributed by atoms with Gasteiger partial charge in [-0.05, 0) is 24.3 Å². The smallest absolute Gasteiger partial charge is 0.312 e. The quantitative estimate of drug-likeness (QED) is 0.483. The number of rotatable bonds is 8. The van der Waals surface area contributed by atoms with Gasteiger partial charge in [0.2, 0.25) is 0 Å². The summed E-state index contributed by atoms with van der Waals surface area (Å²) in [4.78, 5) is 26.8. The molecule has 9 heteroatoms. The fourth-order valence-electron chi connectivity index (χ4n) is 3.02. The Balaban J connectivity index is 1.40. The maximum Gasteiger partial charge on any atom is 0.312 e. The van der Waals surface area contributed by atoms with Crippen molar-refractivity contribution in [2.24, 2.45) is 0 Å². The minimum atomic E-state index is -0.581. The zero-order valence-corrected chi connectivity index (χ0v) is 16.6. The van der Waals surface area contributed by atoms with E-state index in [9.17, 15) is 14.9 Å². The lowest BCUT2D eigenvalue weighted by Gasteiger charge is -2.34. The molecule has 0 spiro atoms. The topological polar surface area (TPSA) is 85.1 Å². The van der Waals surface area contributed by atoms with Crippen LogP contribution in [-0.4, -0.2) is 66.6 Å². The second kappa shape index (κ2) is 10.1. The lowest BCUT2D eigenvalue weighted by molar-refractivity contribution is -0.385. The molecule has 1 amide bonds. The van der Waals surface area contributed by atoms with Crippen LogP contribution in [0.4, 0.5) is 5.69 Å². The zero-order chi connectivity index (χ0) is 20.6. The molecular weight excluding hydrogens is 398 g/mol. The average molecular weight is 420 g/mol. The molecule has 1 aliphatic heterocycles. The van der Waals surface area contributed by atoms with E-state index in [2.05, 4.69) is 4.90 Å². The molecule has 29 heavy (non-hydrogen) atoms. The highest BCUT2D eigenvalue weighted by Gasteiger charge is 2.23. The Morgan fingerprint density at radius 2 is 1.79 bits per heavy atom. The molecule has 2 aromatic carbocycles. The fourth-order valence-corrected chi connectivity index (χ4v) is 3.18. The summed E-state index contributed by atoms with van der Waals surface area (Å²) in [6, 6.07) is 13.7. The molecule has 0 atom stereocenters. The van der Waals surface area contributed by atoms with Crippen molar-refractivity contribution in [1.29, 1.82) is 0 Å². The summed E-state index contributed by atoms with van der Waals surface area (Å²) in [6.07, 6.45) is 0. The van der Waals surface area contributed by atoms with Crippen molar-refractivity contribution in [2.75, 3.05) is 45.9 Å². The minimum absolute atomic E-state index is 0.0319. The third-order valence-corrected chi connectivity index (χ3v) is 4.85. The van der Waals surface area contributed by atoms with Crippen molar-refractivity contribution in [3.8, 4) is 11.5 Å². The van der Waals surface area contributed by atoms with E-state index in [0.29, 0.717) is 19.7 Å². The van der Waals surface area contributed by atoms with E-state index in [4.69, 9.17) is 21.1 Å². The third-order valence-electron chi connectivity index (χ3n) is 4.61. The number of carbonyl (C=O) groups is 1. The highest BCUT2D eigenvalue weighted by Crippen LogP contribution is 2.29. The average Bonchev–Trinajstić information content (AvgIpc) is 2.74. The highest BCUT2D eigenvalue weighted by atomic mass is 35.5. The number of para-hydroxylation sites is 1.